The zero-order valence-corrected chi connectivity index (χ0v) is 18.5. The van der Waals surface area contributed by atoms with E-state index >= 15 is 0 Å². The molecule has 2 N–H and O–H groups in total. The van der Waals surface area contributed by atoms with Crippen LogP contribution >= 0.6 is 0 Å². The fourth-order valence-corrected chi connectivity index (χ4v) is 5.54. The van der Waals surface area contributed by atoms with E-state index in [1.807, 2.05) is 6.07 Å². The van der Waals surface area contributed by atoms with Crippen molar-refractivity contribution < 1.29 is 17.9 Å². The standard InChI is InChI=1S/C19H32N6O4S/c1-28-9-10-29-14-3-4-16-15(11-14)19(23-22-16)17-12-18(21-13-20-17)24-5-7-25(8-6-24)30(2,26)27/h12-16,19,22-23H,3-11H2,1-2H3. The van der Waals surface area contributed by atoms with Gasteiger partial charge in [-0.25, -0.2) is 23.8 Å². The number of ether oxygens (including phenoxy) is 2. The molecule has 3 fully saturated rings. The van der Waals surface area contributed by atoms with Crippen LogP contribution in [0, 0.1) is 5.92 Å². The Labute approximate surface area is 178 Å². The lowest BCUT2D eigenvalue weighted by molar-refractivity contribution is -0.0151. The van der Waals surface area contributed by atoms with Crippen LogP contribution in [0.25, 0.3) is 0 Å². The predicted molar refractivity (Wildman–Crippen MR) is 112 cm³/mol. The summed E-state index contributed by atoms with van der Waals surface area (Å²) in [7, 11) is -1.45. The van der Waals surface area contributed by atoms with Crippen LogP contribution in [0.15, 0.2) is 12.4 Å². The third-order valence-electron chi connectivity index (χ3n) is 6.37. The average Bonchev–Trinajstić information content (AvgIpc) is 3.17. The van der Waals surface area contributed by atoms with E-state index in [0.717, 1.165) is 30.8 Å². The second-order valence-corrected chi connectivity index (χ2v) is 10.3. The summed E-state index contributed by atoms with van der Waals surface area (Å²) in [4.78, 5) is 11.1. The Balaban J connectivity index is 1.41. The lowest BCUT2D eigenvalue weighted by atomic mass is 9.79. The molecular formula is C19H32N6O4S. The second-order valence-electron chi connectivity index (χ2n) is 8.29. The van der Waals surface area contributed by atoms with E-state index in [1.54, 1.807) is 13.4 Å². The number of nitrogens with zero attached hydrogens (tertiary/aromatic N) is 4. The average molecular weight is 441 g/mol. The first-order valence-electron chi connectivity index (χ1n) is 10.6. The molecule has 1 saturated carbocycles. The van der Waals surface area contributed by atoms with Crippen molar-refractivity contribution in [3.63, 3.8) is 0 Å². The maximum atomic E-state index is 11.8. The molecule has 0 aromatic carbocycles. The Bertz CT molecular complexity index is 817. The molecule has 0 bridgehead atoms. The molecule has 3 heterocycles. The summed E-state index contributed by atoms with van der Waals surface area (Å²) in [5, 5.41) is 0. The SMILES string of the molecule is COCCOC1CCC2NNC(c3cc(N4CCN(S(C)(=O)=O)CC4)ncn3)C2C1. The summed E-state index contributed by atoms with van der Waals surface area (Å²) in [5.41, 5.74) is 7.83. The van der Waals surface area contributed by atoms with Gasteiger partial charge in [-0.2, -0.15) is 4.31 Å². The summed E-state index contributed by atoms with van der Waals surface area (Å²) < 4.78 is 36.1. The lowest BCUT2D eigenvalue weighted by Crippen LogP contribution is -2.48. The first-order chi connectivity index (χ1) is 14.5. The number of hydrazine groups is 1. The van der Waals surface area contributed by atoms with E-state index in [1.165, 1.54) is 10.6 Å². The van der Waals surface area contributed by atoms with Crippen molar-refractivity contribution in [2.24, 2.45) is 5.92 Å². The van der Waals surface area contributed by atoms with Gasteiger partial charge in [-0.3, -0.25) is 5.43 Å². The number of sulfonamides is 1. The summed E-state index contributed by atoms with van der Waals surface area (Å²) in [6.45, 7) is 3.45. The molecule has 4 rings (SSSR count). The van der Waals surface area contributed by atoms with Crippen molar-refractivity contribution in [3.8, 4) is 0 Å². The monoisotopic (exact) mass is 440 g/mol. The maximum Gasteiger partial charge on any atom is 0.211 e. The molecule has 2 saturated heterocycles. The fourth-order valence-electron chi connectivity index (χ4n) is 4.71. The summed E-state index contributed by atoms with van der Waals surface area (Å²) >= 11 is 0. The molecule has 4 atom stereocenters. The number of hydrogen-bond acceptors (Lipinski definition) is 9. The maximum absolute atomic E-state index is 11.8. The zero-order chi connectivity index (χ0) is 21.1. The molecule has 4 unspecified atom stereocenters. The van der Waals surface area contributed by atoms with Gasteiger partial charge in [0.05, 0.1) is 37.3 Å². The molecule has 168 valence electrons. The highest BCUT2D eigenvalue weighted by atomic mass is 32.2. The lowest BCUT2D eigenvalue weighted by Gasteiger charge is -2.34. The third kappa shape index (κ3) is 4.92. The first-order valence-corrected chi connectivity index (χ1v) is 12.4. The largest absolute Gasteiger partial charge is 0.382 e. The van der Waals surface area contributed by atoms with Crippen molar-refractivity contribution in [2.75, 3.05) is 57.7 Å². The van der Waals surface area contributed by atoms with Gasteiger partial charge in [0.1, 0.15) is 12.1 Å². The van der Waals surface area contributed by atoms with Crippen LogP contribution in [-0.2, 0) is 19.5 Å². The first kappa shape index (κ1) is 21.8. The molecule has 1 aromatic rings. The number of hydrogen-bond donors (Lipinski definition) is 2. The Kier molecular flexibility index (Phi) is 6.85. The highest BCUT2D eigenvalue weighted by molar-refractivity contribution is 7.88. The van der Waals surface area contributed by atoms with Crippen LogP contribution in [-0.4, -0.2) is 87.6 Å². The van der Waals surface area contributed by atoms with E-state index in [4.69, 9.17) is 9.47 Å². The van der Waals surface area contributed by atoms with Gasteiger partial charge >= 0.3 is 0 Å². The molecular weight excluding hydrogens is 408 g/mol. The van der Waals surface area contributed by atoms with Crippen molar-refractivity contribution >= 4 is 15.8 Å². The van der Waals surface area contributed by atoms with Crippen LogP contribution in [0.4, 0.5) is 5.82 Å². The second kappa shape index (κ2) is 9.41. The minimum atomic E-state index is -3.14. The number of anilines is 1. The Morgan fingerprint density at radius 1 is 1.13 bits per heavy atom. The molecule has 1 aliphatic carbocycles. The van der Waals surface area contributed by atoms with Crippen LogP contribution in [0.2, 0.25) is 0 Å². The number of methoxy groups -OCH3 is 1. The van der Waals surface area contributed by atoms with Gasteiger partial charge in [0, 0.05) is 51.3 Å². The molecule has 11 heteroatoms. The van der Waals surface area contributed by atoms with Gasteiger partial charge < -0.3 is 14.4 Å². The van der Waals surface area contributed by atoms with Gasteiger partial charge in [0.15, 0.2) is 0 Å². The number of nitrogens with one attached hydrogen (secondary N) is 2. The third-order valence-corrected chi connectivity index (χ3v) is 7.67. The molecule has 1 aromatic heterocycles. The summed E-state index contributed by atoms with van der Waals surface area (Å²) in [6, 6.07) is 2.55. The highest BCUT2D eigenvalue weighted by Gasteiger charge is 2.42. The molecule has 10 nitrogen and oxygen atoms in total. The highest BCUT2D eigenvalue weighted by Crippen LogP contribution is 2.38. The number of rotatable bonds is 7. The minimum absolute atomic E-state index is 0.0999. The van der Waals surface area contributed by atoms with Gasteiger partial charge in [-0.15, -0.1) is 0 Å². The Hall–Kier alpha value is -1.37. The smallest absolute Gasteiger partial charge is 0.211 e. The van der Waals surface area contributed by atoms with Gasteiger partial charge in [-0.05, 0) is 19.3 Å². The number of aromatic nitrogens is 2. The van der Waals surface area contributed by atoms with E-state index < -0.39 is 10.0 Å². The van der Waals surface area contributed by atoms with Crippen molar-refractivity contribution in [3.05, 3.63) is 18.1 Å². The van der Waals surface area contributed by atoms with Gasteiger partial charge in [-0.1, -0.05) is 0 Å². The van der Waals surface area contributed by atoms with E-state index in [2.05, 4.69) is 25.7 Å². The quantitative estimate of drug-likeness (QED) is 0.562. The number of fused-ring (bicyclic) bond motifs is 1. The van der Waals surface area contributed by atoms with Crippen molar-refractivity contribution in [2.45, 2.75) is 37.5 Å². The van der Waals surface area contributed by atoms with E-state index in [-0.39, 0.29) is 12.1 Å². The topological polar surface area (TPSA) is 109 Å². The molecule has 30 heavy (non-hydrogen) atoms. The minimum Gasteiger partial charge on any atom is -0.382 e. The molecule has 0 spiro atoms. The molecule has 0 radical (unpaired) electrons. The Morgan fingerprint density at radius 2 is 1.93 bits per heavy atom. The Morgan fingerprint density at radius 3 is 2.67 bits per heavy atom. The molecule has 3 aliphatic rings. The zero-order valence-electron chi connectivity index (χ0n) is 17.7. The van der Waals surface area contributed by atoms with Crippen LogP contribution in [0.3, 0.4) is 0 Å². The van der Waals surface area contributed by atoms with Crippen LogP contribution in [0.1, 0.15) is 31.0 Å². The number of piperazine rings is 1. The van der Waals surface area contributed by atoms with Gasteiger partial charge in [0.2, 0.25) is 10.0 Å². The van der Waals surface area contributed by atoms with E-state index in [0.29, 0.717) is 51.4 Å². The molecule has 0 amide bonds. The summed E-state index contributed by atoms with van der Waals surface area (Å²) in [5.74, 6) is 1.25. The van der Waals surface area contributed by atoms with E-state index in [9.17, 15) is 8.42 Å². The predicted octanol–water partition coefficient (Wildman–Crippen LogP) is -0.0926. The van der Waals surface area contributed by atoms with Crippen LogP contribution in [0.5, 0.6) is 0 Å². The van der Waals surface area contributed by atoms with Crippen molar-refractivity contribution in [1.29, 1.82) is 0 Å². The van der Waals surface area contributed by atoms with Crippen LogP contribution < -0.4 is 15.8 Å². The fraction of sp³-hybridized carbons (Fsp3) is 0.789. The molecule has 2 aliphatic heterocycles. The van der Waals surface area contributed by atoms with Crippen molar-refractivity contribution in [1.82, 2.24) is 25.1 Å². The normalized spacial score (nSPS) is 30.4. The summed E-state index contributed by atoms with van der Waals surface area (Å²) in [6.07, 6.45) is 6.21. The van der Waals surface area contributed by atoms with Gasteiger partial charge in [0.25, 0.3) is 0 Å².